The smallest absolute Gasteiger partial charge is 0.193 e. The molecule has 0 heterocycles. The molecule has 4 nitrogen and oxygen atoms in total. The molecule has 118 valence electrons. The van der Waals surface area contributed by atoms with Crippen molar-refractivity contribution in [2.45, 2.75) is 51.6 Å². The van der Waals surface area contributed by atoms with Gasteiger partial charge >= 0.3 is 0 Å². The second kappa shape index (κ2) is 7.98. The Labute approximate surface area is 144 Å². The minimum absolute atomic E-state index is 0. The molecule has 0 bridgehead atoms. The van der Waals surface area contributed by atoms with Crippen molar-refractivity contribution in [3.05, 3.63) is 29.3 Å². The van der Waals surface area contributed by atoms with E-state index in [-0.39, 0.29) is 24.0 Å². The van der Waals surface area contributed by atoms with Gasteiger partial charge in [0.05, 0.1) is 12.1 Å². The van der Waals surface area contributed by atoms with E-state index in [0.717, 1.165) is 31.4 Å². The Balaban J connectivity index is 0.00000220. The van der Waals surface area contributed by atoms with Crippen LogP contribution < -0.4 is 11.1 Å². The van der Waals surface area contributed by atoms with Gasteiger partial charge < -0.3 is 16.2 Å². The van der Waals surface area contributed by atoms with E-state index in [1.807, 2.05) is 12.1 Å². The lowest BCUT2D eigenvalue weighted by atomic mass is 9.85. The van der Waals surface area contributed by atoms with Gasteiger partial charge in [-0.15, -0.1) is 24.0 Å². The number of aryl methyl sites for hydroxylation is 2. The Kier molecular flexibility index (Phi) is 6.93. The van der Waals surface area contributed by atoms with Crippen LogP contribution in [0.3, 0.4) is 0 Å². The van der Waals surface area contributed by atoms with Crippen molar-refractivity contribution in [2.75, 3.05) is 11.9 Å². The first-order chi connectivity index (χ1) is 9.47. The maximum absolute atomic E-state index is 10.4. The number of guanidine groups is 1. The van der Waals surface area contributed by atoms with Crippen LogP contribution in [0.5, 0.6) is 0 Å². The highest BCUT2D eigenvalue weighted by molar-refractivity contribution is 14.0. The number of hydrogen-bond donors (Lipinski definition) is 3. The lowest BCUT2D eigenvalue weighted by Crippen LogP contribution is -2.36. The molecule has 0 aromatic heterocycles. The van der Waals surface area contributed by atoms with Crippen LogP contribution >= 0.6 is 24.0 Å². The monoisotopic (exact) mass is 403 g/mol. The molecular formula is C16H26IN3O. The van der Waals surface area contributed by atoms with E-state index < -0.39 is 5.60 Å². The van der Waals surface area contributed by atoms with E-state index in [4.69, 9.17) is 5.73 Å². The second-order valence-corrected chi connectivity index (χ2v) is 5.99. The third-order valence-corrected chi connectivity index (χ3v) is 3.82. The van der Waals surface area contributed by atoms with Gasteiger partial charge in [0.25, 0.3) is 0 Å². The van der Waals surface area contributed by atoms with Crippen LogP contribution in [0.1, 0.15) is 43.2 Å². The molecule has 0 aliphatic heterocycles. The van der Waals surface area contributed by atoms with Gasteiger partial charge in [0.15, 0.2) is 5.96 Å². The molecule has 0 unspecified atom stereocenters. The van der Waals surface area contributed by atoms with Gasteiger partial charge in [0.2, 0.25) is 0 Å². The quantitative estimate of drug-likeness (QED) is 0.412. The fourth-order valence-electron chi connectivity index (χ4n) is 2.83. The summed E-state index contributed by atoms with van der Waals surface area (Å²) in [7, 11) is 0. The average molecular weight is 403 g/mol. The third-order valence-electron chi connectivity index (χ3n) is 3.82. The molecule has 5 heteroatoms. The molecule has 1 fully saturated rings. The zero-order valence-electron chi connectivity index (χ0n) is 12.9. The van der Waals surface area contributed by atoms with Crippen LogP contribution in [0.25, 0.3) is 0 Å². The molecule has 0 saturated heterocycles. The number of anilines is 1. The van der Waals surface area contributed by atoms with Crippen LogP contribution in [0.2, 0.25) is 0 Å². The van der Waals surface area contributed by atoms with Gasteiger partial charge in [-0.2, -0.15) is 0 Å². The van der Waals surface area contributed by atoms with Crippen LogP contribution in [0.15, 0.2) is 23.2 Å². The lowest BCUT2D eigenvalue weighted by Gasteiger charge is -2.30. The predicted octanol–water partition coefficient (Wildman–Crippen LogP) is 3.34. The molecule has 1 saturated carbocycles. The fraction of sp³-hybridized carbons (Fsp3) is 0.562. The van der Waals surface area contributed by atoms with Crippen molar-refractivity contribution in [1.29, 1.82) is 0 Å². The van der Waals surface area contributed by atoms with Gasteiger partial charge in [0.1, 0.15) is 0 Å². The van der Waals surface area contributed by atoms with Gasteiger partial charge in [-0.1, -0.05) is 25.3 Å². The SMILES string of the molecule is Cc1cc(C)cc(NC(N)=NCC2(O)CCCCC2)c1.I. The number of nitrogens with zero attached hydrogens (tertiary/aromatic N) is 1. The van der Waals surface area contributed by atoms with Crippen molar-refractivity contribution < 1.29 is 5.11 Å². The number of benzene rings is 1. The summed E-state index contributed by atoms with van der Waals surface area (Å²) < 4.78 is 0. The highest BCUT2D eigenvalue weighted by atomic mass is 127. The summed E-state index contributed by atoms with van der Waals surface area (Å²) in [6, 6.07) is 6.18. The maximum atomic E-state index is 10.4. The molecule has 4 N–H and O–H groups in total. The first kappa shape index (κ1) is 18.2. The van der Waals surface area contributed by atoms with Crippen molar-refractivity contribution in [1.82, 2.24) is 0 Å². The summed E-state index contributed by atoms with van der Waals surface area (Å²) in [5.74, 6) is 0.369. The van der Waals surface area contributed by atoms with Crippen molar-refractivity contribution in [2.24, 2.45) is 10.7 Å². The molecule has 0 spiro atoms. The number of nitrogens with two attached hydrogens (primary N) is 1. The van der Waals surface area contributed by atoms with Gasteiger partial charge in [0, 0.05) is 5.69 Å². The highest BCUT2D eigenvalue weighted by Gasteiger charge is 2.28. The number of nitrogens with one attached hydrogen (secondary N) is 1. The minimum Gasteiger partial charge on any atom is -0.388 e. The van der Waals surface area contributed by atoms with Crippen LogP contribution in [0.4, 0.5) is 5.69 Å². The average Bonchev–Trinajstić information content (AvgIpc) is 2.36. The normalized spacial score (nSPS) is 18.0. The maximum Gasteiger partial charge on any atom is 0.193 e. The summed E-state index contributed by atoms with van der Waals surface area (Å²) in [6.45, 7) is 4.49. The standard InChI is InChI=1S/C16H25N3O.HI/c1-12-8-13(2)10-14(9-12)19-15(17)18-11-16(20)6-4-3-5-7-16;/h8-10,20H,3-7,11H2,1-2H3,(H3,17,18,19);1H. The topological polar surface area (TPSA) is 70.6 Å². The first-order valence-corrected chi connectivity index (χ1v) is 7.34. The van der Waals surface area contributed by atoms with Crippen LogP contribution in [0, 0.1) is 13.8 Å². The van der Waals surface area contributed by atoms with E-state index in [1.165, 1.54) is 17.5 Å². The number of halogens is 1. The molecule has 1 aliphatic rings. The van der Waals surface area contributed by atoms with Crippen molar-refractivity contribution in [3.63, 3.8) is 0 Å². The highest BCUT2D eigenvalue weighted by Crippen LogP contribution is 2.28. The van der Waals surface area contributed by atoms with E-state index in [9.17, 15) is 5.11 Å². The molecule has 1 aromatic rings. The summed E-state index contributed by atoms with van der Waals surface area (Å²) in [6.07, 6.45) is 5.02. The molecule has 0 radical (unpaired) electrons. The number of hydrogen-bond acceptors (Lipinski definition) is 2. The predicted molar refractivity (Wildman–Crippen MR) is 99.5 cm³/mol. The van der Waals surface area contributed by atoms with Crippen LogP contribution in [-0.2, 0) is 0 Å². The summed E-state index contributed by atoms with van der Waals surface area (Å²) in [5, 5.41) is 13.5. The molecule has 2 rings (SSSR count). The second-order valence-electron chi connectivity index (χ2n) is 5.99. The molecule has 1 aliphatic carbocycles. The Morgan fingerprint density at radius 1 is 1.19 bits per heavy atom. The van der Waals surface area contributed by atoms with E-state index in [0.29, 0.717) is 12.5 Å². The zero-order chi connectivity index (χ0) is 14.6. The summed E-state index contributed by atoms with van der Waals surface area (Å²) >= 11 is 0. The van der Waals surface area contributed by atoms with E-state index in [2.05, 4.69) is 30.2 Å². The van der Waals surface area contributed by atoms with Gasteiger partial charge in [-0.05, 0) is 49.9 Å². The van der Waals surface area contributed by atoms with Crippen molar-refractivity contribution >= 4 is 35.6 Å². The van der Waals surface area contributed by atoms with Crippen molar-refractivity contribution in [3.8, 4) is 0 Å². The Morgan fingerprint density at radius 2 is 1.76 bits per heavy atom. The molecular weight excluding hydrogens is 377 g/mol. The van der Waals surface area contributed by atoms with E-state index >= 15 is 0 Å². The number of aliphatic imine (C=N–C) groups is 1. The minimum atomic E-state index is -0.660. The Hall–Kier alpha value is -0.820. The first-order valence-electron chi connectivity index (χ1n) is 7.34. The van der Waals surface area contributed by atoms with Gasteiger partial charge in [-0.3, -0.25) is 4.99 Å². The Bertz CT molecular complexity index is 476. The van der Waals surface area contributed by atoms with Crippen LogP contribution in [-0.4, -0.2) is 23.2 Å². The zero-order valence-corrected chi connectivity index (χ0v) is 15.2. The lowest BCUT2D eigenvalue weighted by molar-refractivity contribution is 0.0132. The Morgan fingerprint density at radius 3 is 2.33 bits per heavy atom. The molecule has 0 atom stereocenters. The largest absolute Gasteiger partial charge is 0.388 e. The van der Waals surface area contributed by atoms with Gasteiger partial charge in [-0.25, -0.2) is 0 Å². The summed E-state index contributed by atoms with van der Waals surface area (Å²) in [5.41, 5.74) is 8.57. The molecule has 1 aromatic carbocycles. The van der Waals surface area contributed by atoms with E-state index in [1.54, 1.807) is 0 Å². The number of aliphatic hydroxyl groups is 1. The molecule has 0 amide bonds. The number of rotatable bonds is 3. The fourth-order valence-corrected chi connectivity index (χ4v) is 2.83. The molecule has 21 heavy (non-hydrogen) atoms. The third kappa shape index (κ3) is 5.82. The summed E-state index contributed by atoms with van der Waals surface area (Å²) in [4.78, 5) is 4.31.